The van der Waals surface area contributed by atoms with Crippen molar-refractivity contribution in [1.29, 1.82) is 0 Å². The van der Waals surface area contributed by atoms with E-state index < -0.39 is 11.9 Å². The Bertz CT molecular complexity index is 656. The molecule has 21 heavy (non-hydrogen) atoms. The summed E-state index contributed by atoms with van der Waals surface area (Å²) in [6.45, 7) is 0. The zero-order valence-corrected chi connectivity index (χ0v) is 12.9. The van der Waals surface area contributed by atoms with E-state index in [-0.39, 0.29) is 6.42 Å². The van der Waals surface area contributed by atoms with Crippen molar-refractivity contribution in [3.05, 3.63) is 63.6 Å². The summed E-state index contributed by atoms with van der Waals surface area (Å²) in [7, 11) is 1.52. The lowest BCUT2D eigenvalue weighted by molar-refractivity contribution is -0.138. The minimum atomic E-state index is -0.925. The fourth-order valence-corrected chi connectivity index (χ4v) is 2.68. The number of carboxylic acid groups (broad SMARTS) is 1. The quantitative estimate of drug-likeness (QED) is 0.885. The van der Waals surface area contributed by atoms with Crippen molar-refractivity contribution in [3.63, 3.8) is 0 Å². The first-order valence-corrected chi connectivity index (χ1v) is 7.08. The molecule has 0 aromatic heterocycles. The molecule has 0 radical (unpaired) electrons. The number of ether oxygens (including phenoxy) is 1. The van der Waals surface area contributed by atoms with Gasteiger partial charge in [-0.05, 0) is 30.2 Å². The normalized spacial score (nSPS) is 12.0. The molecule has 1 atom stereocenters. The van der Waals surface area contributed by atoms with Crippen LogP contribution in [0.15, 0.2) is 42.5 Å². The van der Waals surface area contributed by atoms with Crippen molar-refractivity contribution < 1.29 is 14.6 Å². The first-order valence-electron chi connectivity index (χ1n) is 6.32. The number of hydrogen-bond acceptors (Lipinski definition) is 2. The van der Waals surface area contributed by atoms with Gasteiger partial charge in [-0.2, -0.15) is 0 Å². The van der Waals surface area contributed by atoms with Gasteiger partial charge in [0.1, 0.15) is 5.75 Å². The largest absolute Gasteiger partial charge is 0.496 e. The molecule has 2 aromatic rings. The maximum absolute atomic E-state index is 11.6. The summed E-state index contributed by atoms with van der Waals surface area (Å²) in [5, 5.41) is 10.5. The molecule has 5 heteroatoms. The SMILES string of the molecule is COc1ccccc1C(Cc1ccc(Cl)cc1Cl)C(=O)O. The molecule has 0 saturated carbocycles. The Morgan fingerprint density at radius 3 is 2.57 bits per heavy atom. The molecule has 2 aromatic carbocycles. The number of hydrogen-bond donors (Lipinski definition) is 1. The highest BCUT2D eigenvalue weighted by molar-refractivity contribution is 6.35. The number of methoxy groups -OCH3 is 1. The van der Waals surface area contributed by atoms with Gasteiger partial charge in [-0.25, -0.2) is 0 Å². The molecule has 0 bridgehead atoms. The zero-order chi connectivity index (χ0) is 15.4. The van der Waals surface area contributed by atoms with Crippen LogP contribution in [0, 0.1) is 0 Å². The van der Waals surface area contributed by atoms with E-state index in [4.69, 9.17) is 27.9 Å². The second kappa shape index (κ2) is 6.83. The summed E-state index contributed by atoms with van der Waals surface area (Å²) in [5.41, 5.74) is 1.36. The number of para-hydroxylation sites is 1. The van der Waals surface area contributed by atoms with E-state index in [9.17, 15) is 9.90 Å². The Morgan fingerprint density at radius 1 is 1.24 bits per heavy atom. The van der Waals surface area contributed by atoms with Gasteiger partial charge in [-0.15, -0.1) is 0 Å². The molecular formula is C16H14Cl2O3. The van der Waals surface area contributed by atoms with E-state index in [1.807, 2.05) is 0 Å². The third-order valence-corrected chi connectivity index (χ3v) is 3.84. The number of aliphatic carboxylic acids is 1. The minimum Gasteiger partial charge on any atom is -0.496 e. The summed E-state index contributed by atoms with van der Waals surface area (Å²) in [6, 6.07) is 12.1. The third kappa shape index (κ3) is 3.69. The second-order valence-corrected chi connectivity index (χ2v) is 5.42. The Kier molecular flexibility index (Phi) is 5.10. The van der Waals surface area contributed by atoms with Crippen molar-refractivity contribution in [2.24, 2.45) is 0 Å². The highest BCUT2D eigenvalue weighted by Crippen LogP contribution is 2.32. The first kappa shape index (κ1) is 15.7. The summed E-state index contributed by atoms with van der Waals surface area (Å²) in [4.78, 5) is 11.6. The fraction of sp³-hybridized carbons (Fsp3) is 0.188. The van der Waals surface area contributed by atoms with Crippen molar-refractivity contribution in [3.8, 4) is 5.75 Å². The molecule has 1 unspecified atom stereocenters. The number of benzene rings is 2. The topological polar surface area (TPSA) is 46.5 Å². The summed E-state index contributed by atoms with van der Waals surface area (Å²) in [6.07, 6.45) is 0.270. The molecule has 0 saturated heterocycles. The van der Waals surface area contributed by atoms with Crippen molar-refractivity contribution in [2.75, 3.05) is 7.11 Å². The van der Waals surface area contributed by atoms with E-state index in [0.29, 0.717) is 21.4 Å². The van der Waals surface area contributed by atoms with Crippen molar-refractivity contribution >= 4 is 29.2 Å². The molecule has 0 fully saturated rings. The molecule has 0 aliphatic rings. The van der Waals surface area contributed by atoms with Gasteiger partial charge in [-0.1, -0.05) is 47.5 Å². The van der Waals surface area contributed by atoms with Crippen LogP contribution in [0.3, 0.4) is 0 Å². The van der Waals surface area contributed by atoms with Crippen LogP contribution >= 0.6 is 23.2 Å². The minimum absolute atomic E-state index is 0.270. The van der Waals surface area contributed by atoms with Gasteiger partial charge in [0.05, 0.1) is 13.0 Å². The predicted octanol–water partition coefficient (Wildman–Crippen LogP) is 4.41. The Labute approximate surface area is 133 Å². The Morgan fingerprint density at radius 2 is 1.95 bits per heavy atom. The Hall–Kier alpha value is -1.71. The molecule has 0 spiro atoms. The average Bonchev–Trinajstić information content (AvgIpc) is 2.46. The molecule has 110 valence electrons. The molecule has 2 rings (SSSR count). The first-order chi connectivity index (χ1) is 10.0. The van der Waals surface area contributed by atoms with Crippen LogP contribution in [0.2, 0.25) is 10.0 Å². The highest BCUT2D eigenvalue weighted by atomic mass is 35.5. The monoisotopic (exact) mass is 324 g/mol. The van der Waals surface area contributed by atoms with Gasteiger partial charge >= 0.3 is 5.97 Å². The van der Waals surface area contributed by atoms with Crippen LogP contribution in [-0.2, 0) is 11.2 Å². The maximum atomic E-state index is 11.6. The van der Waals surface area contributed by atoms with Gasteiger partial charge in [0.25, 0.3) is 0 Å². The number of halogens is 2. The molecule has 3 nitrogen and oxygen atoms in total. The van der Waals surface area contributed by atoms with Crippen molar-refractivity contribution in [1.82, 2.24) is 0 Å². The zero-order valence-electron chi connectivity index (χ0n) is 11.3. The van der Waals surface area contributed by atoms with Gasteiger partial charge in [0, 0.05) is 15.6 Å². The van der Waals surface area contributed by atoms with Gasteiger partial charge in [-0.3, -0.25) is 4.79 Å². The van der Waals surface area contributed by atoms with Crippen LogP contribution in [0.1, 0.15) is 17.0 Å². The lowest BCUT2D eigenvalue weighted by atomic mass is 9.91. The molecular weight excluding hydrogens is 311 g/mol. The Balaban J connectivity index is 2.38. The molecule has 1 N–H and O–H groups in total. The van der Waals surface area contributed by atoms with Crippen LogP contribution in [0.5, 0.6) is 5.75 Å². The molecule has 0 aliphatic carbocycles. The average molecular weight is 325 g/mol. The third-order valence-electron chi connectivity index (χ3n) is 3.25. The number of rotatable bonds is 5. The second-order valence-electron chi connectivity index (χ2n) is 4.57. The molecule has 0 amide bonds. The lowest BCUT2D eigenvalue weighted by Gasteiger charge is -2.17. The smallest absolute Gasteiger partial charge is 0.311 e. The summed E-state index contributed by atoms with van der Waals surface area (Å²) < 4.78 is 5.25. The fourth-order valence-electron chi connectivity index (χ4n) is 2.19. The van der Waals surface area contributed by atoms with Gasteiger partial charge in [0.15, 0.2) is 0 Å². The standard InChI is InChI=1S/C16H14Cl2O3/c1-21-15-5-3-2-4-12(15)13(16(19)20)8-10-6-7-11(17)9-14(10)18/h2-7,9,13H,8H2,1H3,(H,19,20). The maximum Gasteiger partial charge on any atom is 0.311 e. The van der Waals surface area contributed by atoms with Crippen LogP contribution in [0.4, 0.5) is 0 Å². The van der Waals surface area contributed by atoms with E-state index in [1.54, 1.807) is 42.5 Å². The van der Waals surface area contributed by atoms with Gasteiger partial charge in [0.2, 0.25) is 0 Å². The number of carboxylic acids is 1. The molecule has 0 aliphatic heterocycles. The van der Waals surface area contributed by atoms with Crippen LogP contribution in [-0.4, -0.2) is 18.2 Å². The molecule has 0 heterocycles. The van der Waals surface area contributed by atoms with Crippen LogP contribution < -0.4 is 4.74 Å². The van der Waals surface area contributed by atoms with E-state index >= 15 is 0 Å². The van der Waals surface area contributed by atoms with E-state index in [2.05, 4.69) is 0 Å². The lowest BCUT2D eigenvalue weighted by Crippen LogP contribution is -2.15. The van der Waals surface area contributed by atoms with Gasteiger partial charge < -0.3 is 9.84 Å². The van der Waals surface area contributed by atoms with Crippen molar-refractivity contribution in [2.45, 2.75) is 12.3 Å². The van der Waals surface area contributed by atoms with Crippen LogP contribution in [0.25, 0.3) is 0 Å². The highest BCUT2D eigenvalue weighted by Gasteiger charge is 2.24. The van der Waals surface area contributed by atoms with E-state index in [0.717, 1.165) is 5.56 Å². The predicted molar refractivity (Wildman–Crippen MR) is 83.5 cm³/mol. The summed E-state index contributed by atoms with van der Waals surface area (Å²) in [5.74, 6) is -1.11. The number of carbonyl (C=O) groups is 1. The van der Waals surface area contributed by atoms with E-state index in [1.165, 1.54) is 7.11 Å². The summed E-state index contributed by atoms with van der Waals surface area (Å²) >= 11 is 12.0.